The second-order valence-corrected chi connectivity index (χ2v) is 4.20. The molecule has 0 radical (unpaired) electrons. The molecule has 1 aromatic heterocycles. The van der Waals surface area contributed by atoms with Gasteiger partial charge in [-0.15, -0.1) is 0 Å². The van der Waals surface area contributed by atoms with E-state index in [0.717, 1.165) is 5.56 Å². The molecule has 0 aliphatic heterocycles. The minimum Gasteiger partial charge on any atom is -0.383 e. The van der Waals surface area contributed by atoms with Crippen LogP contribution in [0.25, 0.3) is 11.4 Å². The summed E-state index contributed by atoms with van der Waals surface area (Å²) in [5, 5.41) is 0.575. The predicted molar refractivity (Wildman–Crippen MR) is 70.1 cm³/mol. The molecule has 0 bridgehead atoms. The number of nitrogens with two attached hydrogens (primary N) is 2. The summed E-state index contributed by atoms with van der Waals surface area (Å²) in [6, 6.07) is 7.07. The van der Waals surface area contributed by atoms with Gasteiger partial charge in [0.05, 0.1) is 5.69 Å². The third-order valence-corrected chi connectivity index (χ3v) is 2.68. The number of carbonyl (C=O) groups is 1. The number of nitrogen functional groups attached to an aromatic ring is 1. The number of aryl methyl sites for hydroxylation is 1. The lowest BCUT2D eigenvalue weighted by atomic mass is 10.1. The number of aromatic nitrogens is 2. The van der Waals surface area contributed by atoms with Crippen molar-refractivity contribution in [2.24, 2.45) is 5.73 Å². The van der Waals surface area contributed by atoms with Crippen LogP contribution in [-0.2, 0) is 0 Å². The van der Waals surface area contributed by atoms with Crippen molar-refractivity contribution in [1.29, 1.82) is 0 Å². The van der Waals surface area contributed by atoms with Crippen molar-refractivity contribution >= 4 is 23.3 Å². The summed E-state index contributed by atoms with van der Waals surface area (Å²) in [7, 11) is 0. The Morgan fingerprint density at radius 1 is 1.33 bits per heavy atom. The molecule has 18 heavy (non-hydrogen) atoms. The van der Waals surface area contributed by atoms with E-state index >= 15 is 0 Å². The quantitative estimate of drug-likeness (QED) is 0.862. The number of rotatable bonds is 2. The number of amides is 1. The first kappa shape index (κ1) is 12.3. The number of hydrogen-bond donors (Lipinski definition) is 2. The molecule has 1 amide bonds. The maximum absolute atomic E-state index is 11.2. The van der Waals surface area contributed by atoms with Gasteiger partial charge in [-0.3, -0.25) is 4.79 Å². The Labute approximate surface area is 109 Å². The summed E-state index contributed by atoms with van der Waals surface area (Å²) in [6.07, 6.45) is 0. The van der Waals surface area contributed by atoms with Crippen LogP contribution in [0.4, 0.5) is 5.82 Å². The van der Waals surface area contributed by atoms with Crippen LogP contribution in [-0.4, -0.2) is 15.9 Å². The molecule has 0 aliphatic rings. The Hall–Kier alpha value is -2.14. The van der Waals surface area contributed by atoms with E-state index in [4.69, 9.17) is 23.1 Å². The average Bonchev–Trinajstić information content (AvgIpc) is 2.27. The molecule has 1 aromatic carbocycles. The zero-order valence-electron chi connectivity index (χ0n) is 9.64. The lowest BCUT2D eigenvalue weighted by Crippen LogP contribution is -2.17. The Kier molecular flexibility index (Phi) is 3.16. The first-order chi connectivity index (χ1) is 8.49. The highest BCUT2D eigenvalue weighted by Gasteiger charge is 2.14. The molecule has 0 fully saturated rings. The monoisotopic (exact) mass is 262 g/mol. The maximum atomic E-state index is 11.2. The van der Waals surface area contributed by atoms with Gasteiger partial charge >= 0.3 is 0 Å². The minimum absolute atomic E-state index is 0.0741. The summed E-state index contributed by atoms with van der Waals surface area (Å²) in [5.41, 5.74) is 12.3. The third-order valence-electron chi connectivity index (χ3n) is 2.45. The van der Waals surface area contributed by atoms with Crippen molar-refractivity contribution in [3.05, 3.63) is 40.5 Å². The van der Waals surface area contributed by atoms with Gasteiger partial charge in [-0.1, -0.05) is 23.7 Å². The first-order valence-corrected chi connectivity index (χ1v) is 5.56. The lowest BCUT2D eigenvalue weighted by molar-refractivity contribution is 0.1000. The summed E-state index contributed by atoms with van der Waals surface area (Å²) in [5.74, 6) is -0.148. The third kappa shape index (κ3) is 2.26. The number of hydrogen-bond acceptors (Lipinski definition) is 4. The van der Waals surface area contributed by atoms with Gasteiger partial charge in [0.1, 0.15) is 11.4 Å². The Bertz CT molecular complexity index is 604. The number of nitrogens with zero attached hydrogens (tertiary/aromatic N) is 2. The van der Waals surface area contributed by atoms with Crippen molar-refractivity contribution in [2.45, 2.75) is 6.92 Å². The first-order valence-electron chi connectivity index (χ1n) is 5.19. The molecule has 4 N–H and O–H groups in total. The fourth-order valence-electron chi connectivity index (χ4n) is 1.66. The van der Waals surface area contributed by atoms with Crippen molar-refractivity contribution in [3.63, 3.8) is 0 Å². The Balaban J connectivity index is 2.58. The molecule has 0 spiro atoms. The van der Waals surface area contributed by atoms with Crippen LogP contribution in [0.2, 0.25) is 5.02 Å². The summed E-state index contributed by atoms with van der Waals surface area (Å²) in [6.45, 7) is 1.66. The minimum atomic E-state index is -0.636. The van der Waals surface area contributed by atoms with Gasteiger partial charge in [0.25, 0.3) is 5.91 Å². The Morgan fingerprint density at radius 2 is 2.06 bits per heavy atom. The molecule has 2 aromatic rings. The van der Waals surface area contributed by atoms with Gasteiger partial charge in [0.15, 0.2) is 5.82 Å². The van der Waals surface area contributed by atoms with Gasteiger partial charge in [-0.25, -0.2) is 9.97 Å². The van der Waals surface area contributed by atoms with Crippen LogP contribution in [0.5, 0.6) is 0 Å². The van der Waals surface area contributed by atoms with E-state index in [0.29, 0.717) is 16.5 Å². The average molecular weight is 263 g/mol. The van der Waals surface area contributed by atoms with E-state index < -0.39 is 5.91 Å². The molecule has 2 rings (SSSR count). The summed E-state index contributed by atoms with van der Waals surface area (Å²) < 4.78 is 0. The summed E-state index contributed by atoms with van der Waals surface area (Å²) >= 11 is 5.90. The Morgan fingerprint density at radius 3 is 2.61 bits per heavy atom. The lowest BCUT2D eigenvalue weighted by Gasteiger charge is -2.07. The molecule has 92 valence electrons. The SMILES string of the molecule is Cc1nc(-c2cccc(Cl)c2)nc(N)c1C(N)=O. The highest BCUT2D eigenvalue weighted by Crippen LogP contribution is 2.22. The molecule has 6 heteroatoms. The second kappa shape index (κ2) is 4.62. The van der Waals surface area contributed by atoms with Crippen LogP contribution in [0.15, 0.2) is 24.3 Å². The fraction of sp³-hybridized carbons (Fsp3) is 0.0833. The number of carbonyl (C=O) groups excluding carboxylic acids is 1. The van der Waals surface area contributed by atoms with Gasteiger partial charge in [0, 0.05) is 10.6 Å². The van der Waals surface area contributed by atoms with E-state index in [-0.39, 0.29) is 11.4 Å². The smallest absolute Gasteiger partial charge is 0.254 e. The van der Waals surface area contributed by atoms with Gasteiger partial charge < -0.3 is 11.5 Å². The number of primary amides is 1. The van der Waals surface area contributed by atoms with Crippen molar-refractivity contribution in [1.82, 2.24) is 9.97 Å². The topological polar surface area (TPSA) is 94.9 Å². The summed E-state index contributed by atoms with van der Waals surface area (Å²) in [4.78, 5) is 19.5. The molecular formula is C12H11ClN4O. The fourth-order valence-corrected chi connectivity index (χ4v) is 1.85. The van der Waals surface area contributed by atoms with Crippen molar-refractivity contribution in [2.75, 3.05) is 5.73 Å². The largest absolute Gasteiger partial charge is 0.383 e. The predicted octanol–water partition coefficient (Wildman–Crippen LogP) is 1.79. The zero-order valence-corrected chi connectivity index (χ0v) is 10.4. The van der Waals surface area contributed by atoms with Gasteiger partial charge in [0.2, 0.25) is 0 Å². The van der Waals surface area contributed by atoms with E-state index in [9.17, 15) is 4.79 Å². The van der Waals surface area contributed by atoms with E-state index in [1.807, 2.05) is 6.07 Å². The van der Waals surface area contributed by atoms with E-state index in [1.165, 1.54) is 0 Å². The van der Waals surface area contributed by atoms with Crippen molar-refractivity contribution < 1.29 is 4.79 Å². The standard InChI is InChI=1S/C12H11ClN4O/c1-6-9(11(15)18)10(14)17-12(16-6)7-3-2-4-8(13)5-7/h2-5H,1H3,(H2,15,18)(H2,14,16,17). The van der Waals surface area contributed by atoms with Crippen LogP contribution in [0, 0.1) is 6.92 Å². The molecule has 0 atom stereocenters. The van der Waals surface area contributed by atoms with E-state index in [2.05, 4.69) is 9.97 Å². The number of anilines is 1. The normalized spacial score (nSPS) is 10.3. The van der Waals surface area contributed by atoms with Crippen LogP contribution in [0.3, 0.4) is 0 Å². The molecule has 0 saturated heterocycles. The molecule has 5 nitrogen and oxygen atoms in total. The van der Waals surface area contributed by atoms with E-state index in [1.54, 1.807) is 25.1 Å². The molecule has 1 heterocycles. The molecule has 0 unspecified atom stereocenters. The van der Waals surface area contributed by atoms with Crippen molar-refractivity contribution in [3.8, 4) is 11.4 Å². The van der Waals surface area contributed by atoms with Crippen LogP contribution < -0.4 is 11.5 Å². The highest BCUT2D eigenvalue weighted by atomic mass is 35.5. The molecular weight excluding hydrogens is 252 g/mol. The number of benzene rings is 1. The second-order valence-electron chi connectivity index (χ2n) is 3.77. The van der Waals surface area contributed by atoms with Crippen LogP contribution >= 0.6 is 11.6 Å². The highest BCUT2D eigenvalue weighted by molar-refractivity contribution is 6.30. The van der Waals surface area contributed by atoms with Gasteiger partial charge in [-0.2, -0.15) is 0 Å². The maximum Gasteiger partial charge on any atom is 0.254 e. The van der Waals surface area contributed by atoms with Crippen LogP contribution in [0.1, 0.15) is 16.1 Å². The number of halogens is 1. The molecule has 0 aliphatic carbocycles. The van der Waals surface area contributed by atoms with Gasteiger partial charge in [-0.05, 0) is 19.1 Å². The molecule has 0 saturated carbocycles. The zero-order chi connectivity index (χ0) is 13.3.